The largest absolute Gasteiger partial charge is 0.468 e. The van der Waals surface area contributed by atoms with E-state index in [1.54, 1.807) is 0 Å². The van der Waals surface area contributed by atoms with Crippen LogP contribution in [-0.2, 0) is 27.2 Å². The molecule has 0 bridgehead atoms. The van der Waals surface area contributed by atoms with E-state index >= 15 is 0 Å². The Morgan fingerprint density at radius 3 is 2.57 bits per heavy atom. The molecule has 1 aromatic rings. The molecular weight excluding hydrogens is 346 g/mol. The molecule has 21 heavy (non-hydrogen) atoms. The summed E-state index contributed by atoms with van der Waals surface area (Å²) in [5.74, 6) is -0.992. The Labute approximate surface area is 128 Å². The first-order valence-electron chi connectivity index (χ1n) is 6.05. The summed E-state index contributed by atoms with van der Waals surface area (Å²) in [6, 6.07) is 1.29. The lowest BCUT2D eigenvalue weighted by Crippen LogP contribution is -2.38. The molecule has 0 fully saturated rings. The van der Waals surface area contributed by atoms with Crippen LogP contribution >= 0.6 is 15.9 Å². The molecule has 8 heteroatoms. The summed E-state index contributed by atoms with van der Waals surface area (Å²) in [5.41, 5.74) is 0.427. The van der Waals surface area contributed by atoms with Crippen molar-refractivity contribution in [2.24, 2.45) is 0 Å². The lowest BCUT2D eigenvalue weighted by molar-refractivity contribution is -0.137. The molecule has 0 atom stereocenters. The van der Waals surface area contributed by atoms with E-state index in [1.165, 1.54) is 13.2 Å². The number of esters is 1. The number of ether oxygens (including phenoxy) is 1. The zero-order valence-corrected chi connectivity index (χ0v) is 13.1. The third-order valence-electron chi connectivity index (χ3n) is 2.63. The molecule has 0 radical (unpaired) electrons. The standard InChI is InChI=1S/C10H9NO4.C3H5BrO2/c1-2-5-3-8(13)15-6-4-7(12)11-10(14)9(5)6;1-6-3(5)2-4/h3H,2,4H2,1H3,(H,11,12,14);2H2,1H3. The molecule has 2 heterocycles. The van der Waals surface area contributed by atoms with Gasteiger partial charge in [0.15, 0.2) is 0 Å². The number of carbonyl (C=O) groups excluding carboxylic acids is 3. The Hall–Kier alpha value is -1.96. The Balaban J connectivity index is 0.000000315. The molecule has 0 saturated heterocycles. The Morgan fingerprint density at radius 2 is 2.10 bits per heavy atom. The van der Waals surface area contributed by atoms with E-state index in [4.69, 9.17) is 4.42 Å². The van der Waals surface area contributed by atoms with E-state index in [-0.39, 0.29) is 23.5 Å². The molecule has 0 saturated carbocycles. The van der Waals surface area contributed by atoms with Crippen LogP contribution in [0.25, 0.3) is 0 Å². The summed E-state index contributed by atoms with van der Waals surface area (Å²) in [6.45, 7) is 1.83. The number of hydrogen-bond donors (Lipinski definition) is 1. The van der Waals surface area contributed by atoms with Crippen molar-refractivity contribution in [1.82, 2.24) is 5.32 Å². The highest BCUT2D eigenvalue weighted by molar-refractivity contribution is 9.09. The number of methoxy groups -OCH3 is 1. The van der Waals surface area contributed by atoms with Gasteiger partial charge in [0.05, 0.1) is 19.1 Å². The number of fused-ring (bicyclic) bond motifs is 1. The molecule has 2 amide bonds. The molecule has 1 N–H and O–H groups in total. The monoisotopic (exact) mass is 359 g/mol. The number of aryl methyl sites for hydroxylation is 1. The van der Waals surface area contributed by atoms with Gasteiger partial charge in [0.2, 0.25) is 5.91 Å². The summed E-state index contributed by atoms with van der Waals surface area (Å²) in [7, 11) is 1.35. The summed E-state index contributed by atoms with van der Waals surface area (Å²) < 4.78 is 9.06. The van der Waals surface area contributed by atoms with E-state index in [2.05, 4.69) is 26.0 Å². The number of nitrogens with one attached hydrogen (secondary N) is 1. The van der Waals surface area contributed by atoms with Crippen molar-refractivity contribution < 1.29 is 23.5 Å². The van der Waals surface area contributed by atoms with Crippen LogP contribution in [0.5, 0.6) is 0 Å². The van der Waals surface area contributed by atoms with E-state index in [9.17, 15) is 19.2 Å². The number of carbonyl (C=O) groups is 3. The molecule has 2 rings (SSSR count). The number of rotatable bonds is 2. The minimum atomic E-state index is -0.520. The smallest absolute Gasteiger partial charge is 0.336 e. The van der Waals surface area contributed by atoms with Gasteiger partial charge >= 0.3 is 11.6 Å². The molecule has 0 spiro atoms. The van der Waals surface area contributed by atoms with Crippen molar-refractivity contribution in [2.75, 3.05) is 12.4 Å². The first-order chi connectivity index (χ1) is 9.92. The predicted molar refractivity (Wildman–Crippen MR) is 76.3 cm³/mol. The number of alkyl halides is 1. The Morgan fingerprint density at radius 1 is 1.43 bits per heavy atom. The highest BCUT2D eigenvalue weighted by atomic mass is 79.9. The van der Waals surface area contributed by atoms with Gasteiger partial charge in [-0.2, -0.15) is 0 Å². The minimum Gasteiger partial charge on any atom is -0.468 e. The average Bonchev–Trinajstić information content (AvgIpc) is 2.45. The second-order valence-electron chi connectivity index (χ2n) is 4.01. The fourth-order valence-corrected chi connectivity index (χ4v) is 1.93. The highest BCUT2D eigenvalue weighted by Crippen LogP contribution is 2.17. The number of amides is 2. The molecule has 0 aliphatic carbocycles. The third kappa shape index (κ3) is 4.52. The van der Waals surface area contributed by atoms with Gasteiger partial charge in [-0.15, -0.1) is 0 Å². The summed E-state index contributed by atoms with van der Waals surface area (Å²) in [6.07, 6.45) is 0.500. The first kappa shape index (κ1) is 17.1. The zero-order valence-electron chi connectivity index (χ0n) is 11.5. The number of imide groups is 1. The molecule has 1 aliphatic heterocycles. The second kappa shape index (κ2) is 7.72. The second-order valence-corrected chi connectivity index (χ2v) is 4.57. The normalized spacial score (nSPS) is 12.7. The zero-order chi connectivity index (χ0) is 16.0. The molecular formula is C13H14BrNO6. The lowest BCUT2D eigenvalue weighted by Gasteiger charge is -2.15. The van der Waals surface area contributed by atoms with E-state index in [0.29, 0.717) is 17.5 Å². The van der Waals surface area contributed by atoms with Gasteiger partial charge in [0.25, 0.3) is 5.91 Å². The van der Waals surface area contributed by atoms with Crippen molar-refractivity contribution in [2.45, 2.75) is 19.8 Å². The van der Waals surface area contributed by atoms with Gasteiger partial charge in [-0.25, -0.2) is 4.79 Å². The van der Waals surface area contributed by atoms with Crippen LogP contribution in [0, 0.1) is 0 Å². The van der Waals surface area contributed by atoms with Gasteiger partial charge < -0.3 is 9.15 Å². The van der Waals surface area contributed by atoms with Crippen LogP contribution in [0.3, 0.4) is 0 Å². The number of halogens is 1. The third-order valence-corrected chi connectivity index (χ3v) is 3.09. The molecule has 0 unspecified atom stereocenters. The van der Waals surface area contributed by atoms with Crippen LogP contribution in [-0.4, -0.2) is 30.2 Å². The first-order valence-corrected chi connectivity index (χ1v) is 7.17. The van der Waals surface area contributed by atoms with Gasteiger partial charge in [0.1, 0.15) is 11.1 Å². The quantitative estimate of drug-likeness (QED) is 0.470. The van der Waals surface area contributed by atoms with Crippen molar-refractivity contribution in [3.63, 3.8) is 0 Å². The van der Waals surface area contributed by atoms with Gasteiger partial charge in [-0.3, -0.25) is 19.7 Å². The average molecular weight is 360 g/mol. The fraction of sp³-hybridized carbons (Fsp3) is 0.385. The van der Waals surface area contributed by atoms with Gasteiger partial charge in [0, 0.05) is 6.07 Å². The predicted octanol–water partition coefficient (Wildman–Crippen LogP) is 0.569. The maximum Gasteiger partial charge on any atom is 0.336 e. The van der Waals surface area contributed by atoms with Crippen LogP contribution in [0.15, 0.2) is 15.3 Å². The fourth-order valence-electron chi connectivity index (χ4n) is 1.70. The summed E-state index contributed by atoms with van der Waals surface area (Å²) in [4.78, 5) is 43.6. The lowest BCUT2D eigenvalue weighted by atomic mass is 10.0. The van der Waals surface area contributed by atoms with E-state index < -0.39 is 17.4 Å². The van der Waals surface area contributed by atoms with Gasteiger partial charge in [-0.05, 0) is 12.0 Å². The van der Waals surface area contributed by atoms with E-state index in [1.807, 2.05) is 6.92 Å². The Kier molecular flexibility index (Phi) is 6.29. The van der Waals surface area contributed by atoms with Crippen LogP contribution in [0.4, 0.5) is 0 Å². The van der Waals surface area contributed by atoms with Crippen molar-refractivity contribution in [3.8, 4) is 0 Å². The highest BCUT2D eigenvalue weighted by Gasteiger charge is 2.27. The molecule has 1 aromatic heterocycles. The van der Waals surface area contributed by atoms with Crippen LogP contribution < -0.4 is 10.9 Å². The van der Waals surface area contributed by atoms with Crippen LogP contribution in [0.2, 0.25) is 0 Å². The minimum absolute atomic E-state index is 0.0514. The molecule has 0 aromatic carbocycles. The molecule has 7 nitrogen and oxygen atoms in total. The number of hydrogen-bond acceptors (Lipinski definition) is 6. The van der Waals surface area contributed by atoms with Crippen molar-refractivity contribution in [3.05, 3.63) is 33.4 Å². The van der Waals surface area contributed by atoms with Crippen molar-refractivity contribution >= 4 is 33.7 Å². The maximum absolute atomic E-state index is 11.5. The summed E-state index contributed by atoms with van der Waals surface area (Å²) >= 11 is 2.90. The maximum atomic E-state index is 11.5. The topological polar surface area (TPSA) is 103 Å². The van der Waals surface area contributed by atoms with Crippen molar-refractivity contribution in [1.29, 1.82) is 0 Å². The SMILES string of the molecule is CCc1cc(=O)oc2c1C(=O)NC(=O)C2.COC(=O)CBr. The summed E-state index contributed by atoms with van der Waals surface area (Å²) in [5, 5.41) is 2.47. The molecule has 114 valence electrons. The Bertz CT molecular complexity index is 616. The van der Waals surface area contributed by atoms with E-state index in [0.717, 1.165) is 0 Å². The van der Waals surface area contributed by atoms with Gasteiger partial charge in [-0.1, -0.05) is 22.9 Å². The van der Waals surface area contributed by atoms with Crippen LogP contribution in [0.1, 0.15) is 28.6 Å². The molecule has 1 aliphatic rings.